The van der Waals surface area contributed by atoms with Crippen molar-refractivity contribution in [1.82, 2.24) is 0 Å². The Labute approximate surface area is 131 Å². The van der Waals surface area contributed by atoms with Crippen LogP contribution in [-0.2, 0) is 21.1 Å². The molecule has 0 atom stereocenters. The molecule has 0 aromatic heterocycles. The Morgan fingerprint density at radius 2 is 0.895 bits per heavy atom. The minimum absolute atomic E-state index is 0. The first-order chi connectivity index (χ1) is 8.61. The van der Waals surface area contributed by atoms with Gasteiger partial charge in [0.1, 0.15) is 0 Å². The molecule has 2 rings (SSSR count). The van der Waals surface area contributed by atoms with E-state index in [9.17, 15) is 0 Å². The zero-order valence-corrected chi connectivity index (χ0v) is 14.1. The molecule has 2 aromatic rings. The standard InChI is InChI=1S/2C8H10N.Pt/c2*1-9(2)8-6-4-3-5-7-8;/h2*4-7H,1-2H3;/q2*-1;+2. The first-order valence-electron chi connectivity index (χ1n) is 5.88. The maximum absolute atomic E-state index is 2.96. The first kappa shape index (κ1) is 17.7. The van der Waals surface area contributed by atoms with E-state index in [4.69, 9.17) is 0 Å². The second-order valence-electron chi connectivity index (χ2n) is 4.31. The van der Waals surface area contributed by atoms with E-state index < -0.39 is 0 Å². The predicted octanol–water partition coefficient (Wildman–Crippen LogP) is 3.10. The van der Waals surface area contributed by atoms with Crippen LogP contribution in [0.25, 0.3) is 0 Å². The van der Waals surface area contributed by atoms with Crippen molar-refractivity contribution in [2.75, 3.05) is 38.0 Å². The van der Waals surface area contributed by atoms with Crippen LogP contribution in [0, 0.1) is 12.1 Å². The van der Waals surface area contributed by atoms with Gasteiger partial charge >= 0.3 is 21.1 Å². The molecule has 2 aromatic carbocycles. The third kappa shape index (κ3) is 7.02. The topological polar surface area (TPSA) is 6.48 Å². The normalized spacial score (nSPS) is 8.63. The Morgan fingerprint density at radius 3 is 1.05 bits per heavy atom. The van der Waals surface area contributed by atoms with Gasteiger partial charge in [-0.25, -0.2) is 0 Å². The average Bonchev–Trinajstić information content (AvgIpc) is 2.41. The first-order valence-corrected chi connectivity index (χ1v) is 5.88. The Balaban J connectivity index is 0.000000324. The summed E-state index contributed by atoms with van der Waals surface area (Å²) in [7, 11) is 8.09. The van der Waals surface area contributed by atoms with Gasteiger partial charge in [-0.3, -0.25) is 0 Å². The summed E-state index contributed by atoms with van der Waals surface area (Å²) in [6, 6.07) is 21.7. The van der Waals surface area contributed by atoms with Gasteiger partial charge in [0, 0.05) is 28.2 Å². The van der Waals surface area contributed by atoms with E-state index in [-0.39, 0.29) is 21.1 Å². The fourth-order valence-corrected chi connectivity index (χ4v) is 1.35. The number of anilines is 2. The van der Waals surface area contributed by atoms with E-state index >= 15 is 0 Å². The molecule has 0 aliphatic rings. The molecule has 0 aliphatic heterocycles. The van der Waals surface area contributed by atoms with Crippen LogP contribution in [0.3, 0.4) is 0 Å². The molecular formula is C16H20N2Pt. The van der Waals surface area contributed by atoms with Crippen LogP contribution in [0.5, 0.6) is 0 Å². The van der Waals surface area contributed by atoms with Gasteiger partial charge in [-0.05, 0) is 0 Å². The molecule has 0 unspecified atom stereocenters. The van der Waals surface area contributed by atoms with E-state index in [1.54, 1.807) is 0 Å². The van der Waals surface area contributed by atoms with Crippen molar-refractivity contribution in [2.45, 2.75) is 0 Å². The van der Waals surface area contributed by atoms with Crippen LogP contribution >= 0.6 is 0 Å². The minimum Gasteiger partial charge on any atom is -0.399 e. The van der Waals surface area contributed by atoms with E-state index in [0.717, 1.165) is 0 Å². The molecule has 0 spiro atoms. The summed E-state index contributed by atoms with van der Waals surface area (Å²) in [6.07, 6.45) is 0. The monoisotopic (exact) mass is 435 g/mol. The van der Waals surface area contributed by atoms with Gasteiger partial charge in [0.25, 0.3) is 0 Å². The van der Waals surface area contributed by atoms with Gasteiger partial charge in [0.15, 0.2) is 0 Å². The molecule has 0 saturated heterocycles. The summed E-state index contributed by atoms with van der Waals surface area (Å²) in [5, 5.41) is 0. The summed E-state index contributed by atoms with van der Waals surface area (Å²) in [6.45, 7) is 0. The zero-order valence-electron chi connectivity index (χ0n) is 11.8. The minimum atomic E-state index is 0. The van der Waals surface area contributed by atoms with Gasteiger partial charge < -0.3 is 9.80 Å². The molecule has 0 fully saturated rings. The van der Waals surface area contributed by atoms with Crippen molar-refractivity contribution in [2.24, 2.45) is 0 Å². The van der Waals surface area contributed by atoms with Gasteiger partial charge in [-0.1, -0.05) is 11.4 Å². The van der Waals surface area contributed by atoms with Gasteiger partial charge in [-0.2, -0.15) is 36.4 Å². The van der Waals surface area contributed by atoms with Crippen molar-refractivity contribution in [3.05, 3.63) is 60.7 Å². The number of benzene rings is 2. The molecule has 0 amide bonds. The molecule has 0 heterocycles. The smallest absolute Gasteiger partial charge is 0.399 e. The van der Waals surface area contributed by atoms with Crippen molar-refractivity contribution in [3.8, 4) is 0 Å². The summed E-state index contributed by atoms with van der Waals surface area (Å²) in [4.78, 5) is 4.13. The van der Waals surface area contributed by atoms with Gasteiger partial charge in [0.2, 0.25) is 0 Å². The SMILES string of the molecule is CN(C)c1cc[c-]cc1.CN(C)c1cc[c-]cc1.[Pt+2]. The predicted molar refractivity (Wildman–Crippen MR) is 79.2 cm³/mol. The molecule has 0 N–H and O–H groups in total. The quantitative estimate of drug-likeness (QED) is 0.669. The molecule has 19 heavy (non-hydrogen) atoms. The van der Waals surface area contributed by atoms with Gasteiger partial charge in [-0.15, -0.1) is 24.3 Å². The Kier molecular flexibility index (Phi) is 8.99. The van der Waals surface area contributed by atoms with Crippen LogP contribution in [0.15, 0.2) is 48.5 Å². The molecule has 0 bridgehead atoms. The van der Waals surface area contributed by atoms with E-state index in [2.05, 4.69) is 21.9 Å². The number of hydrogen-bond acceptors (Lipinski definition) is 2. The maximum atomic E-state index is 2.96. The summed E-state index contributed by atoms with van der Waals surface area (Å²) >= 11 is 0. The maximum Gasteiger partial charge on any atom is 2.00 e. The fourth-order valence-electron chi connectivity index (χ4n) is 1.35. The van der Waals surface area contributed by atoms with Crippen molar-refractivity contribution in [1.29, 1.82) is 0 Å². The third-order valence-electron chi connectivity index (χ3n) is 2.43. The summed E-state index contributed by atoms with van der Waals surface area (Å²) in [5.74, 6) is 0. The Bertz CT molecular complexity index is 384. The largest absolute Gasteiger partial charge is 2.00 e. The molecular weight excluding hydrogens is 415 g/mol. The molecule has 0 aliphatic carbocycles. The van der Waals surface area contributed by atoms with E-state index in [1.807, 2.05) is 76.7 Å². The molecule has 3 heteroatoms. The van der Waals surface area contributed by atoms with Crippen molar-refractivity contribution >= 4 is 11.4 Å². The second kappa shape index (κ2) is 9.63. The summed E-state index contributed by atoms with van der Waals surface area (Å²) < 4.78 is 0. The molecule has 0 radical (unpaired) electrons. The number of hydrogen-bond donors (Lipinski definition) is 0. The van der Waals surface area contributed by atoms with Crippen LogP contribution in [0.1, 0.15) is 0 Å². The Morgan fingerprint density at radius 1 is 0.632 bits per heavy atom. The fraction of sp³-hybridized carbons (Fsp3) is 0.250. The van der Waals surface area contributed by atoms with Crippen molar-refractivity contribution in [3.63, 3.8) is 0 Å². The van der Waals surface area contributed by atoms with Crippen LogP contribution in [-0.4, -0.2) is 28.2 Å². The number of nitrogens with zero attached hydrogens (tertiary/aromatic N) is 2. The van der Waals surface area contributed by atoms with E-state index in [0.29, 0.717) is 0 Å². The van der Waals surface area contributed by atoms with E-state index in [1.165, 1.54) is 11.4 Å². The molecule has 104 valence electrons. The average molecular weight is 435 g/mol. The molecule has 2 nitrogen and oxygen atoms in total. The van der Waals surface area contributed by atoms with Crippen LogP contribution < -0.4 is 9.80 Å². The zero-order chi connectivity index (χ0) is 13.4. The summed E-state index contributed by atoms with van der Waals surface area (Å²) in [5.41, 5.74) is 2.43. The Hall–Kier alpha value is -1.27. The van der Waals surface area contributed by atoms with Gasteiger partial charge in [0.05, 0.1) is 0 Å². The van der Waals surface area contributed by atoms with Crippen LogP contribution in [0.4, 0.5) is 11.4 Å². The number of rotatable bonds is 2. The third-order valence-corrected chi connectivity index (χ3v) is 2.43. The van der Waals surface area contributed by atoms with Crippen LogP contribution in [0.2, 0.25) is 0 Å². The second-order valence-corrected chi connectivity index (χ2v) is 4.31. The molecule has 0 saturated carbocycles. The van der Waals surface area contributed by atoms with Crippen molar-refractivity contribution < 1.29 is 21.1 Å².